The zero-order chi connectivity index (χ0) is 18.4. The van der Waals surface area contributed by atoms with E-state index in [1.54, 1.807) is 23.8 Å². The summed E-state index contributed by atoms with van der Waals surface area (Å²) >= 11 is 0. The second-order valence-electron chi connectivity index (χ2n) is 6.00. The summed E-state index contributed by atoms with van der Waals surface area (Å²) in [5.41, 5.74) is 1.68. The maximum absolute atomic E-state index is 12.0. The van der Waals surface area contributed by atoms with E-state index in [1.165, 1.54) is 6.07 Å². The molecule has 1 amide bonds. The first-order chi connectivity index (χ1) is 12.6. The molecule has 134 valence electrons. The molecular formula is C19H20N4O3. The average molecular weight is 352 g/mol. The number of rotatable bonds is 7. The van der Waals surface area contributed by atoms with Crippen molar-refractivity contribution in [2.45, 2.75) is 32.7 Å². The van der Waals surface area contributed by atoms with Gasteiger partial charge in [-0.05, 0) is 37.1 Å². The standard InChI is InChI=1S/C19H20N4O3/c1-14-20-18(26-22-14)6-4-5-17(24)21-16-10-8-15(9-11-16)13-23-12-3-2-7-19(23)25/h2-3,7-12H,4-6,13H2,1H3,(H,21,24). The van der Waals surface area contributed by atoms with Gasteiger partial charge in [0.05, 0.1) is 6.54 Å². The van der Waals surface area contributed by atoms with Gasteiger partial charge in [-0.15, -0.1) is 0 Å². The van der Waals surface area contributed by atoms with Gasteiger partial charge in [-0.2, -0.15) is 4.98 Å². The fraction of sp³-hybridized carbons (Fsp3) is 0.263. The quantitative estimate of drug-likeness (QED) is 0.706. The highest BCUT2D eigenvalue weighted by Crippen LogP contribution is 2.11. The first-order valence-electron chi connectivity index (χ1n) is 8.43. The van der Waals surface area contributed by atoms with E-state index in [1.807, 2.05) is 30.3 Å². The highest BCUT2D eigenvalue weighted by atomic mass is 16.5. The van der Waals surface area contributed by atoms with E-state index in [-0.39, 0.29) is 11.5 Å². The van der Waals surface area contributed by atoms with Crippen LogP contribution in [-0.4, -0.2) is 20.6 Å². The van der Waals surface area contributed by atoms with Gasteiger partial charge in [0.25, 0.3) is 5.56 Å². The number of benzene rings is 1. The number of anilines is 1. The summed E-state index contributed by atoms with van der Waals surface area (Å²) in [4.78, 5) is 27.8. The van der Waals surface area contributed by atoms with Gasteiger partial charge in [0.15, 0.2) is 5.82 Å². The number of hydrogen-bond acceptors (Lipinski definition) is 5. The summed E-state index contributed by atoms with van der Waals surface area (Å²) in [5, 5.41) is 6.58. The first kappa shape index (κ1) is 17.6. The van der Waals surface area contributed by atoms with Crippen molar-refractivity contribution in [3.63, 3.8) is 0 Å². The van der Waals surface area contributed by atoms with Crippen LogP contribution in [0.5, 0.6) is 0 Å². The molecule has 0 aliphatic carbocycles. The lowest BCUT2D eigenvalue weighted by Crippen LogP contribution is -2.18. The Morgan fingerprint density at radius 3 is 2.69 bits per heavy atom. The summed E-state index contributed by atoms with van der Waals surface area (Å²) in [6.07, 6.45) is 3.35. The molecule has 2 heterocycles. The van der Waals surface area contributed by atoms with Crippen molar-refractivity contribution in [2.75, 3.05) is 5.32 Å². The number of nitrogens with zero attached hydrogens (tertiary/aromatic N) is 3. The third kappa shape index (κ3) is 4.89. The molecule has 1 N–H and O–H groups in total. The van der Waals surface area contributed by atoms with Gasteiger partial charge in [-0.1, -0.05) is 23.4 Å². The maximum atomic E-state index is 12.0. The molecule has 0 fully saturated rings. The third-order valence-corrected chi connectivity index (χ3v) is 3.85. The zero-order valence-electron chi connectivity index (χ0n) is 14.5. The van der Waals surface area contributed by atoms with Crippen LogP contribution in [0.25, 0.3) is 0 Å². The smallest absolute Gasteiger partial charge is 0.250 e. The van der Waals surface area contributed by atoms with E-state index in [2.05, 4.69) is 15.5 Å². The van der Waals surface area contributed by atoms with Crippen LogP contribution in [0.15, 0.2) is 58.0 Å². The van der Waals surface area contributed by atoms with E-state index in [9.17, 15) is 9.59 Å². The van der Waals surface area contributed by atoms with E-state index < -0.39 is 0 Å². The van der Waals surface area contributed by atoms with Gasteiger partial charge in [-0.3, -0.25) is 9.59 Å². The fourth-order valence-corrected chi connectivity index (χ4v) is 2.55. The van der Waals surface area contributed by atoms with E-state index in [0.717, 1.165) is 11.3 Å². The van der Waals surface area contributed by atoms with Crippen molar-refractivity contribution in [3.8, 4) is 0 Å². The summed E-state index contributed by atoms with van der Waals surface area (Å²) in [6.45, 7) is 2.26. The number of pyridine rings is 1. The van der Waals surface area contributed by atoms with Crippen LogP contribution in [0, 0.1) is 6.92 Å². The minimum absolute atomic E-state index is 0.0404. The van der Waals surface area contributed by atoms with Gasteiger partial charge < -0.3 is 14.4 Å². The molecule has 0 aliphatic rings. The van der Waals surface area contributed by atoms with E-state index in [4.69, 9.17) is 4.52 Å². The second kappa shape index (κ2) is 8.24. The Hall–Kier alpha value is -3.22. The van der Waals surface area contributed by atoms with E-state index >= 15 is 0 Å². The Morgan fingerprint density at radius 1 is 1.19 bits per heavy atom. The number of carbonyl (C=O) groups excluding carboxylic acids is 1. The molecule has 3 aromatic rings. The molecule has 0 saturated heterocycles. The molecule has 0 radical (unpaired) electrons. The normalized spacial score (nSPS) is 10.7. The summed E-state index contributed by atoms with van der Waals surface area (Å²) in [6, 6.07) is 12.5. The molecule has 26 heavy (non-hydrogen) atoms. The molecule has 0 saturated carbocycles. The molecule has 2 aromatic heterocycles. The van der Waals surface area contributed by atoms with Crippen LogP contribution in [-0.2, 0) is 17.8 Å². The summed E-state index contributed by atoms with van der Waals surface area (Å²) in [7, 11) is 0. The molecule has 0 bridgehead atoms. The van der Waals surface area contributed by atoms with Crippen LogP contribution in [0.1, 0.15) is 30.1 Å². The van der Waals surface area contributed by atoms with Gasteiger partial charge in [0, 0.05) is 30.8 Å². The number of nitrogens with one attached hydrogen (secondary N) is 1. The molecule has 0 aliphatic heterocycles. The number of carbonyl (C=O) groups is 1. The summed E-state index contributed by atoms with van der Waals surface area (Å²) < 4.78 is 6.65. The number of hydrogen-bond donors (Lipinski definition) is 1. The number of aryl methyl sites for hydroxylation is 2. The van der Waals surface area contributed by atoms with Crippen molar-refractivity contribution in [2.24, 2.45) is 0 Å². The third-order valence-electron chi connectivity index (χ3n) is 3.85. The predicted octanol–water partition coefficient (Wildman–Crippen LogP) is 2.55. The van der Waals surface area contributed by atoms with Crippen molar-refractivity contribution in [1.82, 2.24) is 14.7 Å². The number of aromatic nitrogens is 3. The Bertz CT molecular complexity index is 928. The van der Waals surface area contributed by atoms with Crippen molar-refractivity contribution < 1.29 is 9.32 Å². The SMILES string of the molecule is Cc1noc(CCCC(=O)Nc2ccc(Cn3ccccc3=O)cc2)n1. The highest BCUT2D eigenvalue weighted by Gasteiger charge is 2.06. The van der Waals surface area contributed by atoms with Gasteiger partial charge >= 0.3 is 0 Å². The number of amides is 1. The summed E-state index contributed by atoms with van der Waals surface area (Å²) in [5.74, 6) is 1.09. The maximum Gasteiger partial charge on any atom is 0.250 e. The molecule has 7 nitrogen and oxygen atoms in total. The molecule has 0 atom stereocenters. The Balaban J connectivity index is 1.48. The minimum Gasteiger partial charge on any atom is -0.339 e. The fourth-order valence-electron chi connectivity index (χ4n) is 2.55. The van der Waals surface area contributed by atoms with Crippen LogP contribution in [0.4, 0.5) is 5.69 Å². The first-order valence-corrected chi connectivity index (χ1v) is 8.43. The van der Waals surface area contributed by atoms with Crippen LogP contribution < -0.4 is 10.9 Å². The van der Waals surface area contributed by atoms with Gasteiger partial charge in [0.2, 0.25) is 11.8 Å². The van der Waals surface area contributed by atoms with Crippen molar-refractivity contribution in [3.05, 3.63) is 76.3 Å². The Morgan fingerprint density at radius 2 is 2.00 bits per heavy atom. The Labute approximate surface area is 150 Å². The minimum atomic E-state index is -0.0618. The molecular weight excluding hydrogens is 332 g/mol. The lowest BCUT2D eigenvalue weighted by molar-refractivity contribution is -0.116. The van der Waals surface area contributed by atoms with Crippen LogP contribution in [0.3, 0.4) is 0 Å². The van der Waals surface area contributed by atoms with E-state index in [0.29, 0.717) is 37.5 Å². The topological polar surface area (TPSA) is 90.0 Å². The molecule has 1 aromatic carbocycles. The lowest BCUT2D eigenvalue weighted by atomic mass is 10.2. The highest BCUT2D eigenvalue weighted by molar-refractivity contribution is 5.90. The van der Waals surface area contributed by atoms with Gasteiger partial charge in [-0.25, -0.2) is 0 Å². The average Bonchev–Trinajstić information content (AvgIpc) is 3.04. The monoisotopic (exact) mass is 352 g/mol. The predicted molar refractivity (Wildman–Crippen MR) is 96.8 cm³/mol. The van der Waals surface area contributed by atoms with Crippen LogP contribution >= 0.6 is 0 Å². The zero-order valence-corrected chi connectivity index (χ0v) is 14.5. The molecule has 7 heteroatoms. The second-order valence-corrected chi connectivity index (χ2v) is 6.00. The molecule has 0 unspecified atom stereocenters. The lowest BCUT2D eigenvalue weighted by Gasteiger charge is -2.08. The van der Waals surface area contributed by atoms with Crippen molar-refractivity contribution in [1.29, 1.82) is 0 Å². The van der Waals surface area contributed by atoms with Crippen molar-refractivity contribution >= 4 is 11.6 Å². The molecule has 0 spiro atoms. The Kier molecular flexibility index (Phi) is 5.58. The van der Waals surface area contributed by atoms with Gasteiger partial charge in [0.1, 0.15) is 0 Å². The largest absolute Gasteiger partial charge is 0.339 e. The van der Waals surface area contributed by atoms with Crippen LogP contribution in [0.2, 0.25) is 0 Å². The molecule has 3 rings (SSSR count).